The lowest BCUT2D eigenvalue weighted by atomic mass is 9.93. The van der Waals surface area contributed by atoms with Crippen LogP contribution in [0, 0.1) is 5.92 Å². The van der Waals surface area contributed by atoms with E-state index < -0.39 is 20.5 Å². The van der Waals surface area contributed by atoms with E-state index >= 15 is 0 Å². The topological polar surface area (TPSA) is 73.9 Å². The molecule has 6 nitrogen and oxygen atoms in total. The van der Waals surface area contributed by atoms with Gasteiger partial charge in [0, 0.05) is 0 Å². The third-order valence-electron chi connectivity index (χ3n) is 4.39. The van der Waals surface area contributed by atoms with E-state index in [4.69, 9.17) is 13.9 Å². The zero-order valence-corrected chi connectivity index (χ0v) is 15.7. The van der Waals surface area contributed by atoms with E-state index in [1.165, 1.54) is 0 Å². The molecule has 1 aliphatic heterocycles. The molecule has 0 aliphatic carbocycles. The fourth-order valence-corrected chi connectivity index (χ4v) is 3.48. The molecule has 1 rings (SSSR count). The van der Waals surface area contributed by atoms with Crippen molar-refractivity contribution in [3.63, 3.8) is 0 Å². The number of esters is 1. The molecule has 1 saturated heterocycles. The molecule has 1 N–H and O–H groups in total. The first-order valence-corrected chi connectivity index (χ1v) is 10.7. The lowest BCUT2D eigenvalue weighted by molar-refractivity contribution is -0.172. The Kier molecular flexibility index (Phi) is 6.17. The van der Waals surface area contributed by atoms with Gasteiger partial charge in [0.05, 0.1) is 12.7 Å². The Bertz CT molecular complexity index is 419. The first kappa shape index (κ1) is 19.1. The summed E-state index contributed by atoms with van der Waals surface area (Å²) < 4.78 is 16.5. The van der Waals surface area contributed by atoms with E-state index in [2.05, 4.69) is 39.2 Å². The smallest absolute Gasteiger partial charge is 0.332 e. The Morgan fingerprint density at radius 3 is 2.41 bits per heavy atom. The number of amides is 1. The minimum Gasteiger partial charge on any atom is -0.464 e. The standard InChI is InChI=1S/C15H29NO5Si/c1-8-19-11(17)9-20-14-12(13(18)16-14)10(2)21-22(6,7)15(3,4)5/h10,12,14H,8-9H2,1-7H3,(H,16,18)/t10-,12+,14-/m1/s1. The van der Waals surface area contributed by atoms with E-state index in [1.807, 2.05) is 6.92 Å². The summed E-state index contributed by atoms with van der Waals surface area (Å²) in [6, 6.07) is 0. The zero-order valence-electron chi connectivity index (χ0n) is 14.7. The van der Waals surface area contributed by atoms with E-state index in [-0.39, 0.29) is 29.6 Å². The van der Waals surface area contributed by atoms with Crippen LogP contribution < -0.4 is 5.32 Å². The maximum Gasteiger partial charge on any atom is 0.332 e. The van der Waals surface area contributed by atoms with Gasteiger partial charge in [-0.1, -0.05) is 20.8 Å². The van der Waals surface area contributed by atoms with Crippen molar-refractivity contribution in [2.24, 2.45) is 5.92 Å². The largest absolute Gasteiger partial charge is 0.464 e. The van der Waals surface area contributed by atoms with Crippen molar-refractivity contribution in [2.45, 2.75) is 65.1 Å². The molecule has 1 amide bonds. The molecule has 128 valence electrons. The van der Waals surface area contributed by atoms with Crippen molar-refractivity contribution in [3.8, 4) is 0 Å². The summed E-state index contributed by atoms with van der Waals surface area (Å²) in [5.41, 5.74) is 0. The van der Waals surface area contributed by atoms with Crippen LogP contribution in [0.1, 0.15) is 34.6 Å². The summed E-state index contributed by atoms with van der Waals surface area (Å²) >= 11 is 0. The highest BCUT2D eigenvalue weighted by Gasteiger charge is 2.48. The van der Waals surface area contributed by atoms with Gasteiger partial charge in [-0.05, 0) is 32.0 Å². The minimum absolute atomic E-state index is 0.0722. The third-order valence-corrected chi connectivity index (χ3v) is 8.97. The first-order chi connectivity index (χ1) is 9.99. The normalized spacial score (nSPS) is 23.5. The van der Waals surface area contributed by atoms with Crippen molar-refractivity contribution in [3.05, 3.63) is 0 Å². The highest BCUT2D eigenvalue weighted by atomic mass is 28.4. The van der Waals surface area contributed by atoms with Crippen LogP contribution in [0.15, 0.2) is 0 Å². The molecule has 0 bridgehead atoms. The Morgan fingerprint density at radius 1 is 1.36 bits per heavy atom. The molecule has 22 heavy (non-hydrogen) atoms. The van der Waals surface area contributed by atoms with Gasteiger partial charge in [0.2, 0.25) is 5.91 Å². The van der Waals surface area contributed by atoms with Crippen LogP contribution in [0.4, 0.5) is 0 Å². The SMILES string of the molecule is CCOC(=O)CO[C@H]1NC(=O)[C@@H]1[C@@H](C)O[Si](C)(C)C(C)(C)C. The Balaban J connectivity index is 2.58. The molecular weight excluding hydrogens is 302 g/mol. The fourth-order valence-electron chi connectivity index (χ4n) is 2.05. The van der Waals surface area contributed by atoms with E-state index in [1.54, 1.807) is 6.92 Å². The summed E-state index contributed by atoms with van der Waals surface area (Å²) in [4.78, 5) is 23.1. The number of nitrogens with one attached hydrogen (secondary N) is 1. The van der Waals surface area contributed by atoms with Gasteiger partial charge >= 0.3 is 5.97 Å². The number of carbonyl (C=O) groups is 2. The second-order valence-electron chi connectivity index (χ2n) is 7.15. The summed E-state index contributed by atoms with van der Waals surface area (Å²) in [7, 11) is -1.96. The quantitative estimate of drug-likeness (QED) is 0.439. The van der Waals surface area contributed by atoms with Gasteiger partial charge in [0.1, 0.15) is 18.8 Å². The number of carbonyl (C=O) groups excluding carboxylic acids is 2. The van der Waals surface area contributed by atoms with Gasteiger partial charge in [-0.25, -0.2) is 4.79 Å². The summed E-state index contributed by atoms with van der Waals surface area (Å²) in [5, 5.41) is 2.73. The number of hydrogen-bond acceptors (Lipinski definition) is 5. The Morgan fingerprint density at radius 2 is 1.95 bits per heavy atom. The van der Waals surface area contributed by atoms with E-state index in [0.29, 0.717) is 6.61 Å². The van der Waals surface area contributed by atoms with Gasteiger partial charge in [-0.15, -0.1) is 0 Å². The zero-order chi connectivity index (χ0) is 17.1. The minimum atomic E-state index is -1.96. The van der Waals surface area contributed by atoms with Gasteiger partial charge in [0.25, 0.3) is 0 Å². The molecule has 0 saturated carbocycles. The van der Waals surface area contributed by atoms with Crippen molar-refractivity contribution in [1.82, 2.24) is 5.32 Å². The Labute approximate surface area is 134 Å². The van der Waals surface area contributed by atoms with Gasteiger partial charge in [0.15, 0.2) is 8.32 Å². The number of β-lactam (4-membered cyclic amide) rings is 1. The number of hydrogen-bond donors (Lipinski definition) is 1. The van der Waals surface area contributed by atoms with Crippen LogP contribution in [-0.4, -0.2) is 45.7 Å². The molecule has 1 heterocycles. The average Bonchev–Trinajstić information content (AvgIpc) is 2.32. The molecule has 3 atom stereocenters. The molecule has 0 spiro atoms. The molecule has 0 aromatic heterocycles. The van der Waals surface area contributed by atoms with Crippen molar-refractivity contribution < 1.29 is 23.5 Å². The molecule has 7 heteroatoms. The number of ether oxygens (including phenoxy) is 2. The van der Waals surface area contributed by atoms with E-state index in [0.717, 1.165) is 0 Å². The monoisotopic (exact) mass is 331 g/mol. The molecular formula is C15H29NO5Si. The Hall–Kier alpha value is -0.923. The predicted molar refractivity (Wildman–Crippen MR) is 85.7 cm³/mol. The van der Waals surface area contributed by atoms with Gasteiger partial charge in [-0.3, -0.25) is 4.79 Å². The van der Waals surface area contributed by atoms with Gasteiger partial charge < -0.3 is 19.2 Å². The highest BCUT2D eigenvalue weighted by Crippen LogP contribution is 2.39. The van der Waals surface area contributed by atoms with E-state index in [9.17, 15) is 9.59 Å². The lowest BCUT2D eigenvalue weighted by Crippen LogP contribution is -2.65. The summed E-state index contributed by atoms with van der Waals surface area (Å²) in [6.45, 7) is 14.5. The van der Waals surface area contributed by atoms with Gasteiger partial charge in [-0.2, -0.15) is 0 Å². The van der Waals surface area contributed by atoms with Crippen molar-refractivity contribution in [2.75, 3.05) is 13.2 Å². The average molecular weight is 331 g/mol. The van der Waals surface area contributed by atoms with Crippen LogP contribution in [0.25, 0.3) is 0 Å². The van der Waals surface area contributed by atoms with Crippen LogP contribution in [0.2, 0.25) is 18.1 Å². The maximum atomic E-state index is 11.8. The molecule has 0 aromatic rings. The first-order valence-electron chi connectivity index (χ1n) is 7.75. The molecule has 0 unspecified atom stereocenters. The second-order valence-corrected chi connectivity index (χ2v) is 11.9. The van der Waals surface area contributed by atoms with Crippen LogP contribution in [-0.2, 0) is 23.5 Å². The second kappa shape index (κ2) is 7.10. The number of rotatable bonds is 7. The van der Waals surface area contributed by atoms with Crippen LogP contribution >= 0.6 is 0 Å². The van der Waals surface area contributed by atoms with Crippen LogP contribution in [0.5, 0.6) is 0 Å². The van der Waals surface area contributed by atoms with Crippen LogP contribution in [0.3, 0.4) is 0 Å². The summed E-state index contributed by atoms with van der Waals surface area (Å²) in [5.74, 6) is -0.913. The summed E-state index contributed by atoms with van der Waals surface area (Å²) in [6.07, 6.45) is -0.737. The van der Waals surface area contributed by atoms with Crippen molar-refractivity contribution in [1.29, 1.82) is 0 Å². The lowest BCUT2D eigenvalue weighted by Gasteiger charge is -2.44. The molecule has 0 radical (unpaired) electrons. The highest BCUT2D eigenvalue weighted by molar-refractivity contribution is 6.74. The fraction of sp³-hybridized carbons (Fsp3) is 0.867. The molecule has 1 aliphatic rings. The molecule has 0 aromatic carbocycles. The third kappa shape index (κ3) is 4.53. The predicted octanol–water partition coefficient (Wildman–Crippen LogP) is 2.05. The van der Waals surface area contributed by atoms with Crippen molar-refractivity contribution >= 4 is 20.2 Å². The maximum absolute atomic E-state index is 11.8. The molecule has 1 fully saturated rings.